The molecule has 0 aliphatic rings. The first kappa shape index (κ1) is 20.9. The highest BCUT2D eigenvalue weighted by molar-refractivity contribution is 7.89. The van der Waals surface area contributed by atoms with E-state index in [-0.39, 0.29) is 4.90 Å². The summed E-state index contributed by atoms with van der Waals surface area (Å²) in [7, 11) is -3.84. The molecule has 0 saturated heterocycles. The van der Waals surface area contributed by atoms with Crippen molar-refractivity contribution in [1.29, 1.82) is 0 Å². The Morgan fingerprint density at radius 1 is 1.15 bits per heavy atom. The predicted molar refractivity (Wildman–Crippen MR) is 102 cm³/mol. The first-order valence-corrected chi connectivity index (χ1v) is 9.86. The number of esters is 1. The zero-order valence-corrected chi connectivity index (χ0v) is 16.3. The molecule has 0 aliphatic heterocycles. The van der Waals surface area contributed by atoms with Gasteiger partial charge in [0, 0.05) is 10.7 Å². The number of amides is 1. The topological polar surface area (TPSA) is 102 Å². The van der Waals surface area contributed by atoms with Crippen molar-refractivity contribution in [3.8, 4) is 0 Å². The molecule has 0 heterocycles. The van der Waals surface area contributed by atoms with E-state index in [0.717, 1.165) is 5.56 Å². The minimum Gasteiger partial charge on any atom is -0.452 e. The number of rotatable bonds is 7. The lowest BCUT2D eigenvalue weighted by Crippen LogP contribution is -2.35. The average molecular weight is 411 g/mol. The third-order valence-corrected chi connectivity index (χ3v) is 5.25. The standard InChI is InChI=1S/C18H19ClN2O5S/c1-12-8-9-14(19)10-16(12)21-18(23)13(2)26-17(22)11-20-27(24,25)15-6-4-3-5-7-15/h3-10,13,20H,11H2,1-2H3,(H,21,23)/t13-/m1/s1. The first-order chi connectivity index (χ1) is 12.7. The summed E-state index contributed by atoms with van der Waals surface area (Å²) in [5.41, 5.74) is 1.29. The lowest BCUT2D eigenvalue weighted by Gasteiger charge is -2.15. The monoisotopic (exact) mass is 410 g/mol. The molecule has 9 heteroatoms. The molecule has 27 heavy (non-hydrogen) atoms. The maximum Gasteiger partial charge on any atom is 0.321 e. The lowest BCUT2D eigenvalue weighted by atomic mass is 10.2. The molecule has 0 radical (unpaired) electrons. The van der Waals surface area contributed by atoms with Gasteiger partial charge in [-0.05, 0) is 43.7 Å². The number of carbonyl (C=O) groups is 2. The lowest BCUT2D eigenvalue weighted by molar-refractivity contribution is -0.151. The zero-order valence-electron chi connectivity index (χ0n) is 14.7. The van der Waals surface area contributed by atoms with Gasteiger partial charge in [0.2, 0.25) is 10.0 Å². The van der Waals surface area contributed by atoms with E-state index in [9.17, 15) is 18.0 Å². The van der Waals surface area contributed by atoms with Crippen LogP contribution in [-0.4, -0.2) is 32.9 Å². The summed E-state index contributed by atoms with van der Waals surface area (Å²) in [5.74, 6) is -1.43. The molecule has 7 nitrogen and oxygen atoms in total. The van der Waals surface area contributed by atoms with E-state index in [0.29, 0.717) is 10.7 Å². The van der Waals surface area contributed by atoms with Gasteiger partial charge in [-0.3, -0.25) is 9.59 Å². The highest BCUT2D eigenvalue weighted by atomic mass is 35.5. The third-order valence-electron chi connectivity index (χ3n) is 3.59. The highest BCUT2D eigenvalue weighted by Crippen LogP contribution is 2.20. The second-order valence-corrected chi connectivity index (χ2v) is 7.92. The number of aryl methyl sites for hydroxylation is 1. The molecule has 0 bridgehead atoms. The maximum absolute atomic E-state index is 12.2. The SMILES string of the molecule is Cc1ccc(Cl)cc1NC(=O)[C@@H](C)OC(=O)CNS(=O)(=O)c1ccccc1. The van der Waals surface area contributed by atoms with Gasteiger partial charge in [0.1, 0.15) is 6.54 Å². The van der Waals surface area contributed by atoms with Crippen molar-refractivity contribution in [2.45, 2.75) is 24.8 Å². The number of anilines is 1. The van der Waals surface area contributed by atoms with Gasteiger partial charge in [0.25, 0.3) is 5.91 Å². The predicted octanol–water partition coefficient (Wildman–Crippen LogP) is 2.50. The molecule has 2 aromatic carbocycles. The van der Waals surface area contributed by atoms with Crippen LogP contribution in [0.4, 0.5) is 5.69 Å². The maximum atomic E-state index is 12.2. The van der Waals surface area contributed by atoms with Crippen molar-refractivity contribution < 1.29 is 22.7 Å². The van der Waals surface area contributed by atoms with Crippen LogP contribution in [0.25, 0.3) is 0 Å². The molecule has 2 aromatic rings. The molecule has 144 valence electrons. The summed E-state index contributed by atoms with van der Waals surface area (Å²) in [6.07, 6.45) is -1.11. The van der Waals surface area contributed by atoms with Gasteiger partial charge < -0.3 is 10.1 Å². The number of halogens is 1. The molecule has 2 N–H and O–H groups in total. The minimum absolute atomic E-state index is 0.0278. The number of hydrogen-bond donors (Lipinski definition) is 2. The van der Waals surface area contributed by atoms with Gasteiger partial charge in [-0.1, -0.05) is 35.9 Å². The van der Waals surface area contributed by atoms with Crippen LogP contribution in [-0.2, 0) is 24.3 Å². The average Bonchev–Trinajstić information content (AvgIpc) is 2.64. The fraction of sp³-hybridized carbons (Fsp3) is 0.222. The molecule has 0 saturated carbocycles. The molecule has 1 atom stereocenters. The Balaban J connectivity index is 1.89. The second kappa shape index (κ2) is 8.98. The summed E-state index contributed by atoms with van der Waals surface area (Å²) >= 11 is 5.90. The summed E-state index contributed by atoms with van der Waals surface area (Å²) in [6, 6.07) is 12.6. The first-order valence-electron chi connectivity index (χ1n) is 8.00. The van der Waals surface area contributed by atoms with Gasteiger partial charge in [-0.15, -0.1) is 0 Å². The van der Waals surface area contributed by atoms with Crippen LogP contribution < -0.4 is 10.0 Å². The second-order valence-electron chi connectivity index (χ2n) is 5.72. The Bertz CT molecular complexity index is 932. The Hall–Kier alpha value is -2.42. The number of hydrogen-bond acceptors (Lipinski definition) is 5. The number of nitrogens with one attached hydrogen (secondary N) is 2. The van der Waals surface area contributed by atoms with Crippen molar-refractivity contribution in [2.75, 3.05) is 11.9 Å². The van der Waals surface area contributed by atoms with Crippen LogP contribution in [0, 0.1) is 6.92 Å². The van der Waals surface area contributed by atoms with E-state index < -0.39 is 34.5 Å². The zero-order chi connectivity index (χ0) is 20.0. The minimum atomic E-state index is -3.84. The van der Waals surface area contributed by atoms with Crippen LogP contribution in [0.5, 0.6) is 0 Å². The Morgan fingerprint density at radius 3 is 2.48 bits per heavy atom. The normalized spacial score (nSPS) is 12.3. The van der Waals surface area contributed by atoms with E-state index in [1.54, 1.807) is 43.3 Å². The molecule has 2 rings (SSSR count). The van der Waals surface area contributed by atoms with Crippen LogP contribution in [0.2, 0.25) is 5.02 Å². The van der Waals surface area contributed by atoms with Crippen molar-refractivity contribution in [1.82, 2.24) is 4.72 Å². The summed E-state index contributed by atoms with van der Waals surface area (Å²) in [5, 5.41) is 3.07. The third kappa shape index (κ3) is 6.06. The van der Waals surface area contributed by atoms with Gasteiger partial charge in [-0.25, -0.2) is 8.42 Å². The Kier molecular flexibility index (Phi) is 6.95. The van der Waals surface area contributed by atoms with Gasteiger partial charge in [0.05, 0.1) is 4.90 Å². The molecule has 0 aromatic heterocycles. The van der Waals surface area contributed by atoms with E-state index in [4.69, 9.17) is 16.3 Å². The quantitative estimate of drug-likeness (QED) is 0.683. The van der Waals surface area contributed by atoms with Crippen LogP contribution in [0.3, 0.4) is 0 Å². The number of ether oxygens (including phenoxy) is 1. The van der Waals surface area contributed by atoms with Crippen molar-refractivity contribution in [3.63, 3.8) is 0 Å². The van der Waals surface area contributed by atoms with Crippen molar-refractivity contribution >= 4 is 39.2 Å². The molecular weight excluding hydrogens is 392 g/mol. The fourth-order valence-electron chi connectivity index (χ4n) is 2.09. The van der Waals surface area contributed by atoms with Crippen molar-refractivity contribution in [3.05, 3.63) is 59.1 Å². The molecule has 0 spiro atoms. The molecule has 0 aliphatic carbocycles. The number of sulfonamides is 1. The number of benzene rings is 2. The highest BCUT2D eigenvalue weighted by Gasteiger charge is 2.21. The van der Waals surface area contributed by atoms with E-state index in [1.807, 2.05) is 0 Å². The van der Waals surface area contributed by atoms with Crippen molar-refractivity contribution in [2.24, 2.45) is 0 Å². The smallest absolute Gasteiger partial charge is 0.321 e. The Morgan fingerprint density at radius 2 is 1.81 bits per heavy atom. The van der Waals surface area contributed by atoms with Gasteiger partial charge in [0.15, 0.2) is 6.10 Å². The molecule has 0 unspecified atom stereocenters. The van der Waals surface area contributed by atoms with Crippen LogP contribution in [0.1, 0.15) is 12.5 Å². The fourth-order valence-corrected chi connectivity index (χ4v) is 3.25. The Labute approximate surface area is 162 Å². The van der Waals surface area contributed by atoms with Gasteiger partial charge in [-0.2, -0.15) is 4.72 Å². The molecule has 0 fully saturated rings. The summed E-state index contributed by atoms with van der Waals surface area (Å²) < 4.78 is 31.2. The van der Waals surface area contributed by atoms with E-state index in [1.165, 1.54) is 19.1 Å². The van der Waals surface area contributed by atoms with E-state index in [2.05, 4.69) is 10.0 Å². The van der Waals surface area contributed by atoms with Crippen LogP contribution in [0.15, 0.2) is 53.4 Å². The number of carbonyl (C=O) groups excluding carboxylic acids is 2. The largest absolute Gasteiger partial charge is 0.452 e. The van der Waals surface area contributed by atoms with E-state index >= 15 is 0 Å². The molecular formula is C18H19ClN2O5S. The summed E-state index contributed by atoms with van der Waals surface area (Å²) in [4.78, 5) is 24.1. The summed E-state index contributed by atoms with van der Waals surface area (Å²) in [6.45, 7) is 2.59. The van der Waals surface area contributed by atoms with Crippen LogP contribution >= 0.6 is 11.6 Å². The molecule has 1 amide bonds. The van der Waals surface area contributed by atoms with Gasteiger partial charge >= 0.3 is 5.97 Å².